The molecule has 0 radical (unpaired) electrons. The van der Waals surface area contributed by atoms with Gasteiger partial charge in [-0.2, -0.15) is 0 Å². The van der Waals surface area contributed by atoms with Crippen LogP contribution in [0.15, 0.2) is 40.7 Å². The second-order valence-corrected chi connectivity index (χ2v) is 7.85. The largest absolute Gasteiger partial charge is 0.466 e. The van der Waals surface area contributed by atoms with Crippen LogP contribution in [0.3, 0.4) is 0 Å². The van der Waals surface area contributed by atoms with Crippen LogP contribution in [0, 0.1) is 5.82 Å². The highest BCUT2D eigenvalue weighted by atomic mass is 19.1. The molecule has 8 heteroatoms. The van der Waals surface area contributed by atoms with Crippen LogP contribution in [-0.2, 0) is 28.6 Å². The molecule has 1 aromatic rings. The van der Waals surface area contributed by atoms with E-state index < -0.39 is 23.8 Å². The second-order valence-electron chi connectivity index (χ2n) is 7.85. The van der Waals surface area contributed by atoms with Crippen LogP contribution < -0.4 is 5.32 Å². The average Bonchev–Trinajstić information content (AvgIpc) is 2.71. The van der Waals surface area contributed by atoms with Gasteiger partial charge in [-0.25, -0.2) is 14.0 Å². The van der Waals surface area contributed by atoms with Crippen molar-refractivity contribution in [3.63, 3.8) is 0 Å². The molecule has 7 nitrogen and oxygen atoms in total. The Balaban J connectivity index is 2.27. The molecule has 0 spiro atoms. The van der Waals surface area contributed by atoms with E-state index >= 15 is 4.39 Å². The average molecular weight is 445 g/mol. The lowest BCUT2D eigenvalue weighted by Gasteiger charge is -2.35. The minimum Gasteiger partial charge on any atom is -0.466 e. The van der Waals surface area contributed by atoms with E-state index in [9.17, 15) is 14.4 Å². The fourth-order valence-electron chi connectivity index (χ4n) is 4.26. The molecule has 172 valence electrons. The normalized spacial score (nSPS) is 18.6. The molecule has 2 aliphatic rings. The lowest BCUT2D eigenvalue weighted by atomic mass is 9.72. The summed E-state index contributed by atoms with van der Waals surface area (Å²) in [7, 11) is 1.25. The monoisotopic (exact) mass is 445 g/mol. The summed E-state index contributed by atoms with van der Waals surface area (Å²) < 4.78 is 30.5. The second kappa shape index (κ2) is 9.97. The highest BCUT2D eigenvalue weighted by Gasteiger charge is 2.41. The molecular weight excluding hydrogens is 417 g/mol. The van der Waals surface area contributed by atoms with Crippen molar-refractivity contribution in [2.24, 2.45) is 0 Å². The lowest BCUT2D eigenvalue weighted by Crippen LogP contribution is -2.35. The molecule has 1 unspecified atom stereocenters. The zero-order valence-corrected chi connectivity index (χ0v) is 18.7. The first-order valence-electron chi connectivity index (χ1n) is 10.7. The van der Waals surface area contributed by atoms with Crippen LogP contribution in [0.1, 0.15) is 63.0 Å². The summed E-state index contributed by atoms with van der Waals surface area (Å²) in [6.07, 6.45) is 2.64. The zero-order chi connectivity index (χ0) is 23.4. The Hall–Kier alpha value is -3.16. The Bertz CT molecular complexity index is 992. The molecule has 3 rings (SSSR count). The number of carbonyl (C=O) groups excluding carboxylic acids is 3. The predicted molar refractivity (Wildman–Crippen MR) is 114 cm³/mol. The first-order chi connectivity index (χ1) is 15.3. The van der Waals surface area contributed by atoms with Crippen molar-refractivity contribution in [2.45, 2.75) is 51.9 Å². The van der Waals surface area contributed by atoms with Crippen molar-refractivity contribution >= 4 is 17.9 Å². The van der Waals surface area contributed by atoms with E-state index in [-0.39, 0.29) is 41.8 Å². The Morgan fingerprint density at radius 1 is 1.12 bits per heavy atom. The Labute approximate surface area is 186 Å². The summed E-state index contributed by atoms with van der Waals surface area (Å²) in [5.41, 5.74) is 2.02. The van der Waals surface area contributed by atoms with Crippen LogP contribution in [0.25, 0.3) is 0 Å². The standard InChI is InChI=1S/C24H28FNO6/c1-5-31-24(29)22-18(12-32-14(3)27)26-13(2)19(23(28)30-4)21(22)16-10-7-11-17(25)20(16)15-8-6-9-15/h7,10-11,15,21,26H,5-6,8-9,12H2,1-4H3. The maximum atomic E-state index is 15.1. The van der Waals surface area contributed by atoms with Crippen LogP contribution in [0.4, 0.5) is 4.39 Å². The number of hydrogen-bond acceptors (Lipinski definition) is 7. The van der Waals surface area contributed by atoms with Crippen LogP contribution in [-0.4, -0.2) is 38.2 Å². The zero-order valence-electron chi connectivity index (χ0n) is 18.7. The fraction of sp³-hybridized carbons (Fsp3) is 0.458. The third-order valence-electron chi connectivity index (χ3n) is 5.88. The molecule has 0 bridgehead atoms. The smallest absolute Gasteiger partial charge is 0.336 e. The molecular formula is C24H28FNO6. The van der Waals surface area contributed by atoms with Gasteiger partial charge in [0.2, 0.25) is 0 Å². The lowest BCUT2D eigenvalue weighted by molar-refractivity contribution is -0.142. The minimum atomic E-state index is -0.931. The number of esters is 3. The van der Waals surface area contributed by atoms with E-state index in [1.165, 1.54) is 20.1 Å². The number of hydrogen-bond donors (Lipinski definition) is 1. The van der Waals surface area contributed by atoms with Crippen molar-refractivity contribution in [1.29, 1.82) is 0 Å². The summed E-state index contributed by atoms with van der Waals surface area (Å²) in [6.45, 7) is 4.47. The molecule has 1 N–H and O–H groups in total. The number of halogens is 1. The van der Waals surface area contributed by atoms with Crippen LogP contribution in [0.5, 0.6) is 0 Å². The third-order valence-corrected chi connectivity index (χ3v) is 5.88. The number of allylic oxidation sites excluding steroid dienone is 1. The number of ether oxygens (including phenoxy) is 3. The summed E-state index contributed by atoms with van der Waals surface area (Å²) in [5, 5.41) is 3.00. The Morgan fingerprint density at radius 3 is 2.41 bits per heavy atom. The maximum Gasteiger partial charge on any atom is 0.336 e. The van der Waals surface area contributed by atoms with E-state index in [1.54, 1.807) is 26.0 Å². The quantitative estimate of drug-likeness (QED) is 0.506. The molecule has 1 atom stereocenters. The molecule has 1 aromatic carbocycles. The maximum absolute atomic E-state index is 15.1. The summed E-state index contributed by atoms with van der Waals surface area (Å²) in [4.78, 5) is 37.4. The van der Waals surface area contributed by atoms with E-state index in [2.05, 4.69) is 5.32 Å². The molecule has 1 aliphatic heterocycles. The summed E-state index contributed by atoms with van der Waals surface area (Å²) in [5.74, 6) is -3.15. The summed E-state index contributed by atoms with van der Waals surface area (Å²) >= 11 is 0. The van der Waals surface area contributed by atoms with Gasteiger partial charge in [0.15, 0.2) is 0 Å². The molecule has 32 heavy (non-hydrogen) atoms. The highest BCUT2D eigenvalue weighted by molar-refractivity contribution is 6.00. The third kappa shape index (κ3) is 4.54. The number of benzene rings is 1. The summed E-state index contributed by atoms with van der Waals surface area (Å²) in [6, 6.07) is 4.68. The topological polar surface area (TPSA) is 90.9 Å². The van der Waals surface area contributed by atoms with Crippen LogP contribution in [0.2, 0.25) is 0 Å². The SMILES string of the molecule is CCOC(=O)C1=C(COC(C)=O)NC(C)=C(C(=O)OC)C1c1cccc(F)c1C1CCC1. The van der Waals surface area contributed by atoms with Gasteiger partial charge in [0.05, 0.1) is 36.5 Å². The highest BCUT2D eigenvalue weighted by Crippen LogP contribution is 2.46. The van der Waals surface area contributed by atoms with E-state index in [1.807, 2.05) is 0 Å². The van der Waals surface area contributed by atoms with Crippen LogP contribution >= 0.6 is 0 Å². The van der Waals surface area contributed by atoms with E-state index in [0.29, 0.717) is 16.8 Å². The van der Waals surface area contributed by atoms with Crippen molar-refractivity contribution in [3.8, 4) is 0 Å². The Morgan fingerprint density at radius 2 is 1.84 bits per heavy atom. The number of rotatable bonds is 7. The first kappa shape index (κ1) is 23.5. The van der Waals surface area contributed by atoms with Crippen molar-refractivity contribution < 1.29 is 33.0 Å². The molecule has 0 aromatic heterocycles. The number of nitrogens with one attached hydrogen (secondary N) is 1. The van der Waals surface area contributed by atoms with Gasteiger partial charge in [-0.1, -0.05) is 18.6 Å². The predicted octanol–water partition coefficient (Wildman–Crippen LogP) is 3.61. The van der Waals surface area contributed by atoms with Gasteiger partial charge >= 0.3 is 17.9 Å². The molecule has 0 amide bonds. The first-order valence-corrected chi connectivity index (χ1v) is 10.7. The van der Waals surface area contributed by atoms with Gasteiger partial charge in [0.1, 0.15) is 12.4 Å². The Kier molecular flexibility index (Phi) is 7.33. The van der Waals surface area contributed by atoms with Gasteiger partial charge in [0, 0.05) is 12.6 Å². The van der Waals surface area contributed by atoms with Gasteiger partial charge in [-0.3, -0.25) is 4.79 Å². The minimum absolute atomic E-state index is 0.000605. The van der Waals surface area contributed by atoms with Gasteiger partial charge in [-0.05, 0) is 49.8 Å². The van der Waals surface area contributed by atoms with Crippen molar-refractivity contribution in [1.82, 2.24) is 5.32 Å². The van der Waals surface area contributed by atoms with Gasteiger partial charge in [-0.15, -0.1) is 0 Å². The fourth-order valence-corrected chi connectivity index (χ4v) is 4.26. The molecule has 1 aliphatic carbocycles. The number of carbonyl (C=O) groups is 3. The molecule has 1 fully saturated rings. The van der Waals surface area contributed by atoms with Crippen molar-refractivity contribution in [2.75, 3.05) is 20.3 Å². The number of methoxy groups -OCH3 is 1. The van der Waals surface area contributed by atoms with Gasteiger partial charge < -0.3 is 19.5 Å². The number of dihydropyridines is 1. The molecule has 1 heterocycles. The van der Waals surface area contributed by atoms with E-state index in [0.717, 1.165) is 19.3 Å². The van der Waals surface area contributed by atoms with Crippen molar-refractivity contribution in [3.05, 3.63) is 57.7 Å². The molecule has 1 saturated carbocycles. The van der Waals surface area contributed by atoms with Gasteiger partial charge in [0.25, 0.3) is 0 Å². The van der Waals surface area contributed by atoms with E-state index in [4.69, 9.17) is 14.2 Å². The molecule has 0 saturated heterocycles.